The Labute approximate surface area is 119 Å². The predicted octanol–water partition coefficient (Wildman–Crippen LogP) is 3.47. The molecule has 0 bridgehead atoms. The van der Waals surface area contributed by atoms with Crippen LogP contribution in [0.15, 0.2) is 18.2 Å². The van der Waals surface area contributed by atoms with Gasteiger partial charge in [0.1, 0.15) is 5.82 Å². The van der Waals surface area contributed by atoms with Crippen molar-refractivity contribution in [1.29, 1.82) is 0 Å². The lowest BCUT2D eigenvalue weighted by molar-refractivity contribution is 0.191. The van der Waals surface area contributed by atoms with Crippen LogP contribution >= 0.6 is 11.6 Å². The molecule has 1 aromatic carbocycles. The summed E-state index contributed by atoms with van der Waals surface area (Å²) in [6.45, 7) is 2.03. The summed E-state index contributed by atoms with van der Waals surface area (Å²) in [6.07, 6.45) is 3.64. The molecule has 0 saturated carbocycles. The lowest BCUT2D eigenvalue weighted by atomic mass is 9.89. The Bertz CT molecular complexity index is 425. The number of hydrogen-bond donors (Lipinski definition) is 1. The highest BCUT2D eigenvalue weighted by molar-refractivity contribution is 6.31. The Morgan fingerprint density at radius 3 is 2.89 bits per heavy atom. The number of hydrogen-bond acceptors (Lipinski definition) is 2. The summed E-state index contributed by atoms with van der Waals surface area (Å²) in [4.78, 5) is 2.36. The summed E-state index contributed by atoms with van der Waals surface area (Å²) in [5.41, 5.74) is 1.05. The highest BCUT2D eigenvalue weighted by Gasteiger charge is 2.30. The van der Waals surface area contributed by atoms with Crippen LogP contribution < -0.4 is 5.32 Å². The van der Waals surface area contributed by atoms with E-state index in [1.807, 2.05) is 13.1 Å². The molecule has 2 rings (SSSR count). The van der Waals surface area contributed by atoms with Gasteiger partial charge < -0.3 is 5.32 Å². The van der Waals surface area contributed by atoms with Crippen molar-refractivity contribution in [2.45, 2.75) is 25.3 Å². The van der Waals surface area contributed by atoms with E-state index >= 15 is 0 Å². The van der Waals surface area contributed by atoms with E-state index in [-0.39, 0.29) is 11.9 Å². The minimum absolute atomic E-state index is 0.267. The molecule has 1 fully saturated rings. The third-order valence-electron chi connectivity index (χ3n) is 4.00. The Morgan fingerprint density at radius 1 is 1.42 bits per heavy atom. The molecule has 1 aromatic rings. The van der Waals surface area contributed by atoms with Crippen LogP contribution in [0.5, 0.6) is 0 Å². The average Bonchev–Trinajstić information content (AvgIpc) is 2.53. The Hall–Kier alpha value is -0.640. The minimum Gasteiger partial charge on any atom is -0.319 e. The maximum absolute atomic E-state index is 13.2. The standard InChI is InChI=1S/C15H22ClFN2/c1-18-10-11-5-3-4-8-19(2)15(11)13-7-6-12(17)9-14(13)16/h6-7,9,11,15,18H,3-5,8,10H2,1-2H3. The number of nitrogens with one attached hydrogen (secondary N) is 1. The molecule has 2 atom stereocenters. The summed E-state index contributed by atoms with van der Waals surface area (Å²) in [7, 11) is 4.12. The molecular weight excluding hydrogens is 263 g/mol. The number of benzene rings is 1. The van der Waals surface area contributed by atoms with Crippen LogP contribution in [-0.4, -0.2) is 32.1 Å². The van der Waals surface area contributed by atoms with Crippen LogP contribution in [0.25, 0.3) is 0 Å². The summed E-state index contributed by atoms with van der Waals surface area (Å²) >= 11 is 6.26. The number of likely N-dealkylation sites (tertiary alicyclic amines) is 1. The first-order valence-electron chi connectivity index (χ1n) is 6.93. The molecule has 0 aliphatic carbocycles. The lowest BCUT2D eigenvalue weighted by Gasteiger charge is -2.33. The van der Waals surface area contributed by atoms with Crippen molar-refractivity contribution in [2.75, 3.05) is 27.2 Å². The maximum Gasteiger partial charge on any atom is 0.124 e. The lowest BCUT2D eigenvalue weighted by Crippen LogP contribution is -2.34. The highest BCUT2D eigenvalue weighted by atomic mass is 35.5. The van der Waals surface area contributed by atoms with Gasteiger partial charge in [0.2, 0.25) is 0 Å². The predicted molar refractivity (Wildman–Crippen MR) is 78.0 cm³/mol. The van der Waals surface area contributed by atoms with Gasteiger partial charge in [-0.15, -0.1) is 0 Å². The molecule has 0 radical (unpaired) electrons. The van der Waals surface area contributed by atoms with Crippen LogP contribution in [0.4, 0.5) is 4.39 Å². The molecule has 1 heterocycles. The zero-order valence-corrected chi connectivity index (χ0v) is 12.4. The molecule has 19 heavy (non-hydrogen) atoms. The average molecular weight is 285 g/mol. The van der Waals surface area contributed by atoms with E-state index < -0.39 is 0 Å². The third kappa shape index (κ3) is 3.47. The van der Waals surface area contributed by atoms with Crippen molar-refractivity contribution in [3.05, 3.63) is 34.6 Å². The maximum atomic E-state index is 13.2. The fourth-order valence-corrected chi connectivity index (χ4v) is 3.41. The van der Waals surface area contributed by atoms with Gasteiger partial charge in [0.25, 0.3) is 0 Å². The molecule has 1 saturated heterocycles. The molecule has 106 valence electrons. The first-order chi connectivity index (χ1) is 9.13. The van der Waals surface area contributed by atoms with Crippen LogP contribution in [0.2, 0.25) is 5.02 Å². The number of halogens is 2. The van der Waals surface area contributed by atoms with Crippen LogP contribution in [0, 0.1) is 11.7 Å². The van der Waals surface area contributed by atoms with Gasteiger partial charge in [-0.25, -0.2) is 4.39 Å². The molecule has 0 aromatic heterocycles. The molecule has 4 heteroatoms. The summed E-state index contributed by atoms with van der Waals surface area (Å²) in [5, 5.41) is 3.81. The smallest absolute Gasteiger partial charge is 0.124 e. The molecule has 0 spiro atoms. The van der Waals surface area contributed by atoms with E-state index in [0.29, 0.717) is 10.9 Å². The van der Waals surface area contributed by atoms with Gasteiger partial charge in [-0.05, 0) is 63.6 Å². The summed E-state index contributed by atoms with van der Waals surface area (Å²) < 4.78 is 13.2. The van der Waals surface area contributed by atoms with E-state index in [4.69, 9.17) is 11.6 Å². The van der Waals surface area contributed by atoms with Gasteiger partial charge in [0.15, 0.2) is 0 Å². The van der Waals surface area contributed by atoms with Gasteiger partial charge >= 0.3 is 0 Å². The Morgan fingerprint density at radius 2 is 2.21 bits per heavy atom. The molecular formula is C15H22ClFN2. The SMILES string of the molecule is CNCC1CCCCN(C)C1c1ccc(F)cc1Cl. The quantitative estimate of drug-likeness (QED) is 0.914. The molecule has 1 N–H and O–H groups in total. The van der Waals surface area contributed by atoms with Crippen LogP contribution in [0.3, 0.4) is 0 Å². The van der Waals surface area contributed by atoms with Crippen molar-refractivity contribution < 1.29 is 4.39 Å². The summed E-state index contributed by atoms with van der Waals surface area (Å²) in [6, 6.07) is 5.04. The van der Waals surface area contributed by atoms with E-state index in [1.165, 1.54) is 31.4 Å². The fourth-order valence-electron chi connectivity index (χ4n) is 3.13. The monoisotopic (exact) mass is 284 g/mol. The second kappa shape index (κ2) is 6.69. The second-order valence-electron chi connectivity index (χ2n) is 5.40. The fraction of sp³-hybridized carbons (Fsp3) is 0.600. The first-order valence-corrected chi connectivity index (χ1v) is 7.31. The van der Waals surface area contributed by atoms with Crippen molar-refractivity contribution in [2.24, 2.45) is 5.92 Å². The zero-order chi connectivity index (χ0) is 13.8. The Balaban J connectivity index is 2.34. The normalized spacial score (nSPS) is 25.3. The van der Waals surface area contributed by atoms with Crippen molar-refractivity contribution in [3.63, 3.8) is 0 Å². The zero-order valence-electron chi connectivity index (χ0n) is 11.6. The van der Waals surface area contributed by atoms with Gasteiger partial charge in [-0.3, -0.25) is 4.90 Å². The Kier molecular flexibility index (Phi) is 5.20. The number of rotatable bonds is 3. The van der Waals surface area contributed by atoms with Crippen LogP contribution in [-0.2, 0) is 0 Å². The molecule has 0 amide bonds. The van der Waals surface area contributed by atoms with Crippen LogP contribution in [0.1, 0.15) is 30.9 Å². The van der Waals surface area contributed by atoms with Crippen molar-refractivity contribution in [3.8, 4) is 0 Å². The van der Waals surface area contributed by atoms with Gasteiger partial charge in [-0.1, -0.05) is 24.1 Å². The van der Waals surface area contributed by atoms with E-state index in [2.05, 4.69) is 17.3 Å². The second-order valence-corrected chi connectivity index (χ2v) is 5.81. The van der Waals surface area contributed by atoms with Crippen molar-refractivity contribution >= 4 is 11.6 Å². The number of nitrogens with zero attached hydrogens (tertiary/aromatic N) is 1. The molecule has 2 unspecified atom stereocenters. The van der Waals surface area contributed by atoms with Gasteiger partial charge in [-0.2, -0.15) is 0 Å². The topological polar surface area (TPSA) is 15.3 Å². The molecule has 1 aliphatic heterocycles. The summed E-state index contributed by atoms with van der Waals surface area (Å²) in [5.74, 6) is 0.246. The minimum atomic E-state index is -0.268. The highest BCUT2D eigenvalue weighted by Crippen LogP contribution is 2.37. The van der Waals surface area contributed by atoms with Gasteiger partial charge in [0, 0.05) is 11.1 Å². The molecule has 1 aliphatic rings. The molecule has 2 nitrogen and oxygen atoms in total. The first kappa shape index (κ1) is 14.8. The van der Waals surface area contributed by atoms with E-state index in [1.54, 1.807) is 0 Å². The third-order valence-corrected chi connectivity index (χ3v) is 4.33. The largest absolute Gasteiger partial charge is 0.319 e. The van der Waals surface area contributed by atoms with Gasteiger partial charge in [0.05, 0.1) is 0 Å². The van der Waals surface area contributed by atoms with E-state index in [9.17, 15) is 4.39 Å². The van der Waals surface area contributed by atoms with E-state index in [0.717, 1.165) is 18.7 Å². The van der Waals surface area contributed by atoms with Crippen molar-refractivity contribution in [1.82, 2.24) is 10.2 Å².